The Bertz CT molecular complexity index is 616. The molecule has 1 rings (SSSR count). The quantitative estimate of drug-likeness (QED) is 0.567. The Balaban J connectivity index is 3.02. The molecule has 0 aliphatic heterocycles. The zero-order valence-corrected chi connectivity index (χ0v) is 13.6. The lowest BCUT2D eigenvalue weighted by Gasteiger charge is -2.12. The Morgan fingerprint density at radius 3 is 2.48 bits per heavy atom. The van der Waals surface area contributed by atoms with Gasteiger partial charge in [0.2, 0.25) is 0 Å². The largest absolute Gasteiger partial charge is 0.493 e. The molecule has 0 heterocycles. The van der Waals surface area contributed by atoms with Gasteiger partial charge >= 0.3 is 11.9 Å². The second kappa shape index (κ2) is 9.30. The van der Waals surface area contributed by atoms with Crippen LogP contribution < -0.4 is 9.47 Å². The number of hydrogen-bond donors (Lipinski definition) is 0. The third kappa shape index (κ3) is 5.50. The molecular weight excluding hydrogens is 300 g/mol. The summed E-state index contributed by atoms with van der Waals surface area (Å²) in [5.41, 5.74) is 1.09. The fraction of sp³-hybridized carbons (Fsp3) is 0.294. The summed E-state index contributed by atoms with van der Waals surface area (Å²) < 4.78 is 20.1. The monoisotopic (exact) mass is 320 g/mol. The maximum atomic E-state index is 11.5. The topological polar surface area (TPSA) is 71.1 Å². The number of carbonyl (C=O) groups is 2. The van der Waals surface area contributed by atoms with Crippen LogP contribution >= 0.6 is 0 Å². The maximum Gasteiger partial charge on any atom is 0.333 e. The molecule has 6 nitrogen and oxygen atoms in total. The van der Waals surface area contributed by atoms with Crippen molar-refractivity contribution >= 4 is 18.0 Å². The first kappa shape index (κ1) is 18.3. The molecule has 0 unspecified atom stereocenters. The van der Waals surface area contributed by atoms with Gasteiger partial charge in [-0.15, -0.1) is 0 Å². The summed E-state index contributed by atoms with van der Waals surface area (Å²) in [5, 5.41) is 0. The Morgan fingerprint density at radius 2 is 1.87 bits per heavy atom. The van der Waals surface area contributed by atoms with Gasteiger partial charge in [-0.25, -0.2) is 9.59 Å². The van der Waals surface area contributed by atoms with E-state index in [0.717, 1.165) is 0 Å². The van der Waals surface area contributed by atoms with Crippen molar-refractivity contribution in [3.8, 4) is 11.5 Å². The third-order valence-corrected chi connectivity index (χ3v) is 2.89. The number of benzene rings is 1. The van der Waals surface area contributed by atoms with Crippen LogP contribution in [-0.4, -0.2) is 39.9 Å². The van der Waals surface area contributed by atoms with Crippen LogP contribution in [0.1, 0.15) is 12.5 Å². The minimum Gasteiger partial charge on any atom is -0.493 e. The molecule has 23 heavy (non-hydrogen) atoms. The van der Waals surface area contributed by atoms with E-state index in [1.165, 1.54) is 33.5 Å². The van der Waals surface area contributed by atoms with Crippen LogP contribution in [-0.2, 0) is 19.1 Å². The molecule has 0 spiro atoms. The molecule has 0 bridgehead atoms. The van der Waals surface area contributed by atoms with Crippen molar-refractivity contribution in [1.29, 1.82) is 0 Å². The number of ether oxygens (including phenoxy) is 4. The lowest BCUT2D eigenvalue weighted by Crippen LogP contribution is -2.03. The van der Waals surface area contributed by atoms with Crippen molar-refractivity contribution in [1.82, 2.24) is 0 Å². The summed E-state index contributed by atoms with van der Waals surface area (Å²) in [6.07, 6.45) is 4.44. The first-order valence-electron chi connectivity index (χ1n) is 6.84. The molecule has 0 amide bonds. The highest BCUT2D eigenvalue weighted by Crippen LogP contribution is 2.32. The first-order chi connectivity index (χ1) is 11.0. The van der Waals surface area contributed by atoms with Crippen molar-refractivity contribution in [2.75, 3.05) is 27.9 Å². The van der Waals surface area contributed by atoms with Crippen LogP contribution in [0.2, 0.25) is 0 Å². The highest BCUT2D eigenvalue weighted by Gasteiger charge is 2.11. The smallest absolute Gasteiger partial charge is 0.333 e. The molecule has 0 N–H and O–H groups in total. The molecular formula is C17H20O6. The Morgan fingerprint density at radius 1 is 1.13 bits per heavy atom. The van der Waals surface area contributed by atoms with E-state index < -0.39 is 11.9 Å². The van der Waals surface area contributed by atoms with Gasteiger partial charge in [0.15, 0.2) is 11.5 Å². The van der Waals surface area contributed by atoms with Crippen LogP contribution in [0.3, 0.4) is 0 Å². The Kier molecular flexibility index (Phi) is 7.39. The predicted octanol–water partition coefficient (Wildman–Crippen LogP) is 2.38. The maximum absolute atomic E-state index is 11.5. The number of carbonyl (C=O) groups excluding carboxylic acids is 2. The summed E-state index contributed by atoms with van der Waals surface area (Å²) in [6.45, 7) is 1.79. The summed E-state index contributed by atoms with van der Waals surface area (Å²) in [5.74, 6) is 0.0929. The van der Waals surface area contributed by atoms with Crippen LogP contribution in [0, 0.1) is 0 Å². The molecule has 0 atom stereocenters. The van der Waals surface area contributed by atoms with Crippen LogP contribution in [0.15, 0.2) is 35.9 Å². The number of rotatable bonds is 7. The van der Waals surface area contributed by atoms with Gasteiger partial charge < -0.3 is 18.9 Å². The molecule has 0 radical (unpaired) electrons. The minimum absolute atomic E-state index is 0.146. The SMILES string of the molecule is COC(=O)/C=C/COc1c(/C=C(\C)C(=O)OC)cccc1OC. The lowest BCUT2D eigenvalue weighted by molar-refractivity contribution is -0.136. The minimum atomic E-state index is -0.463. The van der Waals surface area contributed by atoms with Crippen LogP contribution in [0.4, 0.5) is 0 Å². The number of hydrogen-bond acceptors (Lipinski definition) is 6. The highest BCUT2D eigenvalue weighted by atomic mass is 16.5. The van der Waals surface area contributed by atoms with E-state index >= 15 is 0 Å². The zero-order valence-electron chi connectivity index (χ0n) is 13.6. The van der Waals surface area contributed by atoms with Gasteiger partial charge in [0.05, 0.1) is 21.3 Å². The summed E-state index contributed by atoms with van der Waals surface area (Å²) in [7, 11) is 4.14. The molecule has 0 aliphatic rings. The molecule has 1 aromatic rings. The normalized spacial score (nSPS) is 11.2. The molecule has 124 valence electrons. The molecule has 0 saturated heterocycles. The Labute approximate surface area is 135 Å². The lowest BCUT2D eigenvalue weighted by atomic mass is 10.1. The molecule has 1 aromatic carbocycles. The van der Waals surface area contributed by atoms with Gasteiger partial charge in [-0.3, -0.25) is 0 Å². The van der Waals surface area contributed by atoms with E-state index in [9.17, 15) is 9.59 Å². The van der Waals surface area contributed by atoms with Gasteiger partial charge in [0.25, 0.3) is 0 Å². The number of para-hydroxylation sites is 1. The van der Waals surface area contributed by atoms with Crippen LogP contribution in [0.5, 0.6) is 11.5 Å². The van der Waals surface area contributed by atoms with Crippen molar-refractivity contribution < 1.29 is 28.5 Å². The fourth-order valence-electron chi connectivity index (χ4n) is 1.76. The van der Waals surface area contributed by atoms with Gasteiger partial charge in [0.1, 0.15) is 6.61 Å². The molecule has 0 fully saturated rings. The third-order valence-electron chi connectivity index (χ3n) is 2.89. The average Bonchev–Trinajstić information content (AvgIpc) is 2.58. The van der Waals surface area contributed by atoms with E-state index in [0.29, 0.717) is 22.6 Å². The van der Waals surface area contributed by atoms with Crippen LogP contribution in [0.25, 0.3) is 6.08 Å². The van der Waals surface area contributed by atoms with Crippen molar-refractivity contribution in [2.24, 2.45) is 0 Å². The predicted molar refractivity (Wildman–Crippen MR) is 85.3 cm³/mol. The summed E-state index contributed by atoms with van der Waals surface area (Å²) in [4.78, 5) is 22.5. The fourth-order valence-corrected chi connectivity index (χ4v) is 1.76. The molecule has 0 saturated carbocycles. The number of methoxy groups -OCH3 is 3. The van der Waals surface area contributed by atoms with E-state index in [4.69, 9.17) is 9.47 Å². The second-order valence-corrected chi connectivity index (χ2v) is 4.43. The van der Waals surface area contributed by atoms with Crippen molar-refractivity contribution in [3.05, 3.63) is 41.5 Å². The standard InChI is InChI=1S/C17H20O6/c1-12(17(19)22-4)11-13-7-5-8-14(20-2)16(13)23-10-6-9-15(18)21-3/h5-9,11H,10H2,1-4H3/b9-6+,12-11+. The van der Waals surface area contributed by atoms with E-state index in [2.05, 4.69) is 9.47 Å². The summed E-state index contributed by atoms with van der Waals surface area (Å²) >= 11 is 0. The van der Waals surface area contributed by atoms with E-state index in [1.807, 2.05) is 0 Å². The van der Waals surface area contributed by atoms with E-state index in [-0.39, 0.29) is 6.61 Å². The van der Waals surface area contributed by atoms with Crippen molar-refractivity contribution in [3.63, 3.8) is 0 Å². The Hall–Kier alpha value is -2.76. The van der Waals surface area contributed by atoms with Gasteiger partial charge in [-0.1, -0.05) is 12.1 Å². The summed E-state index contributed by atoms with van der Waals surface area (Å²) in [6, 6.07) is 5.31. The van der Waals surface area contributed by atoms with E-state index in [1.54, 1.807) is 31.2 Å². The van der Waals surface area contributed by atoms with Gasteiger partial charge in [-0.2, -0.15) is 0 Å². The second-order valence-electron chi connectivity index (χ2n) is 4.43. The van der Waals surface area contributed by atoms with Crippen molar-refractivity contribution in [2.45, 2.75) is 6.92 Å². The zero-order chi connectivity index (χ0) is 17.2. The molecule has 0 aliphatic carbocycles. The van der Waals surface area contributed by atoms with Gasteiger partial charge in [-0.05, 0) is 25.1 Å². The number of esters is 2. The molecule has 0 aromatic heterocycles. The average molecular weight is 320 g/mol. The first-order valence-corrected chi connectivity index (χ1v) is 6.84. The molecule has 6 heteroatoms. The highest BCUT2D eigenvalue weighted by molar-refractivity contribution is 5.93. The van der Waals surface area contributed by atoms with Gasteiger partial charge in [0, 0.05) is 17.2 Å².